The van der Waals surface area contributed by atoms with Gasteiger partial charge in [0.25, 0.3) is 5.69 Å². The zero-order valence-corrected chi connectivity index (χ0v) is 14.8. The Labute approximate surface area is 151 Å². The van der Waals surface area contributed by atoms with Crippen molar-refractivity contribution in [3.63, 3.8) is 0 Å². The number of nitrogens with one attached hydrogen (secondary N) is 1. The Morgan fingerprint density at radius 3 is 2.31 bits per heavy atom. The van der Waals surface area contributed by atoms with Crippen LogP contribution in [0.1, 0.15) is 12.8 Å². The standard InChI is InChI=1S/C18H22N4O4/c1-25-16-9-14(10-17(11-16)26-2)20-13-5-7-21(8-6-13)18-4-3-15(12-19-18)22(23)24/h3-4,9-13,20H,5-8H2,1-2H3. The van der Waals surface area contributed by atoms with E-state index >= 15 is 0 Å². The van der Waals surface area contributed by atoms with E-state index < -0.39 is 4.92 Å². The average Bonchev–Trinajstić information content (AvgIpc) is 2.68. The molecule has 138 valence electrons. The second-order valence-electron chi connectivity index (χ2n) is 6.14. The van der Waals surface area contributed by atoms with Gasteiger partial charge in [-0.1, -0.05) is 0 Å². The number of nitro groups is 1. The van der Waals surface area contributed by atoms with Crippen LogP contribution in [0.5, 0.6) is 11.5 Å². The molecule has 1 aromatic heterocycles. The Morgan fingerprint density at radius 1 is 1.15 bits per heavy atom. The molecule has 1 N–H and O–H groups in total. The van der Waals surface area contributed by atoms with Gasteiger partial charge in [-0.3, -0.25) is 10.1 Å². The molecule has 1 aliphatic rings. The van der Waals surface area contributed by atoms with Crippen LogP contribution in [0.25, 0.3) is 0 Å². The number of piperidine rings is 1. The number of hydrogen-bond acceptors (Lipinski definition) is 7. The molecule has 1 aromatic carbocycles. The van der Waals surface area contributed by atoms with Crippen molar-refractivity contribution in [1.29, 1.82) is 0 Å². The first kappa shape index (κ1) is 17.8. The van der Waals surface area contributed by atoms with Gasteiger partial charge in [0.2, 0.25) is 0 Å². The van der Waals surface area contributed by atoms with Crippen molar-refractivity contribution >= 4 is 17.2 Å². The van der Waals surface area contributed by atoms with Crippen LogP contribution in [0.4, 0.5) is 17.2 Å². The van der Waals surface area contributed by atoms with E-state index in [1.54, 1.807) is 20.3 Å². The van der Waals surface area contributed by atoms with Crippen LogP contribution in [0.2, 0.25) is 0 Å². The molecule has 1 aliphatic heterocycles. The molecule has 3 rings (SSSR count). The summed E-state index contributed by atoms with van der Waals surface area (Å²) in [4.78, 5) is 16.6. The average molecular weight is 358 g/mol. The SMILES string of the molecule is COc1cc(NC2CCN(c3ccc([N+](=O)[O-])cn3)CC2)cc(OC)c1. The smallest absolute Gasteiger partial charge is 0.287 e. The minimum Gasteiger partial charge on any atom is -0.497 e. The van der Waals surface area contributed by atoms with Crippen molar-refractivity contribution in [3.8, 4) is 11.5 Å². The third kappa shape index (κ3) is 4.14. The van der Waals surface area contributed by atoms with Gasteiger partial charge in [-0.2, -0.15) is 0 Å². The van der Waals surface area contributed by atoms with Crippen LogP contribution >= 0.6 is 0 Å². The highest BCUT2D eigenvalue weighted by Gasteiger charge is 2.21. The van der Waals surface area contributed by atoms with Gasteiger partial charge in [-0.05, 0) is 18.9 Å². The van der Waals surface area contributed by atoms with Crippen LogP contribution < -0.4 is 19.7 Å². The van der Waals surface area contributed by atoms with E-state index in [-0.39, 0.29) is 5.69 Å². The molecule has 2 heterocycles. The fourth-order valence-electron chi connectivity index (χ4n) is 3.05. The molecule has 0 saturated carbocycles. The molecule has 26 heavy (non-hydrogen) atoms. The Bertz CT molecular complexity index is 736. The quantitative estimate of drug-likeness (QED) is 0.627. The van der Waals surface area contributed by atoms with Gasteiger partial charge in [-0.15, -0.1) is 0 Å². The number of ether oxygens (including phenoxy) is 2. The molecule has 0 amide bonds. The Balaban J connectivity index is 1.59. The summed E-state index contributed by atoms with van der Waals surface area (Å²) in [5.74, 6) is 2.27. The second kappa shape index (κ2) is 7.90. The van der Waals surface area contributed by atoms with Gasteiger partial charge >= 0.3 is 0 Å². The molecule has 0 aliphatic carbocycles. The van der Waals surface area contributed by atoms with Crippen molar-refractivity contribution in [3.05, 3.63) is 46.6 Å². The monoisotopic (exact) mass is 358 g/mol. The van der Waals surface area contributed by atoms with Crippen molar-refractivity contribution in [2.75, 3.05) is 37.5 Å². The highest BCUT2D eigenvalue weighted by molar-refractivity contribution is 5.54. The summed E-state index contributed by atoms with van der Waals surface area (Å²) in [6, 6.07) is 9.28. The number of hydrogen-bond donors (Lipinski definition) is 1. The van der Waals surface area contributed by atoms with Crippen LogP contribution in [-0.2, 0) is 0 Å². The van der Waals surface area contributed by atoms with E-state index in [9.17, 15) is 10.1 Å². The summed E-state index contributed by atoms with van der Waals surface area (Å²) < 4.78 is 10.6. The number of methoxy groups -OCH3 is 2. The van der Waals surface area contributed by atoms with Crippen LogP contribution in [0.3, 0.4) is 0 Å². The lowest BCUT2D eigenvalue weighted by atomic mass is 10.0. The van der Waals surface area contributed by atoms with Gasteiger partial charge in [0.1, 0.15) is 23.5 Å². The first-order chi connectivity index (χ1) is 12.6. The molecular weight excluding hydrogens is 336 g/mol. The fourth-order valence-corrected chi connectivity index (χ4v) is 3.05. The number of anilines is 2. The highest BCUT2D eigenvalue weighted by atomic mass is 16.6. The van der Waals surface area contributed by atoms with Crippen LogP contribution in [-0.4, -0.2) is 43.3 Å². The maximum Gasteiger partial charge on any atom is 0.287 e. The number of benzene rings is 1. The summed E-state index contributed by atoms with van der Waals surface area (Å²) in [5.41, 5.74) is 0.977. The zero-order valence-electron chi connectivity index (χ0n) is 14.8. The topological polar surface area (TPSA) is 89.8 Å². The summed E-state index contributed by atoms with van der Waals surface area (Å²) in [6.07, 6.45) is 3.19. The molecule has 8 nitrogen and oxygen atoms in total. The van der Waals surface area contributed by atoms with Crippen molar-refractivity contribution in [1.82, 2.24) is 4.98 Å². The molecule has 0 bridgehead atoms. The number of rotatable bonds is 6. The molecule has 1 saturated heterocycles. The van der Waals surface area contributed by atoms with E-state index in [1.807, 2.05) is 18.2 Å². The first-order valence-corrected chi connectivity index (χ1v) is 8.44. The lowest BCUT2D eigenvalue weighted by Gasteiger charge is -2.33. The number of aromatic nitrogens is 1. The van der Waals surface area contributed by atoms with Crippen LogP contribution in [0.15, 0.2) is 36.5 Å². The van der Waals surface area contributed by atoms with Gasteiger partial charge in [-0.25, -0.2) is 4.98 Å². The number of nitrogens with zero attached hydrogens (tertiary/aromatic N) is 3. The minimum absolute atomic E-state index is 0.0114. The van der Waals surface area contributed by atoms with Gasteiger partial charge in [0.05, 0.1) is 19.1 Å². The van der Waals surface area contributed by atoms with Crippen molar-refractivity contribution in [2.24, 2.45) is 0 Å². The largest absolute Gasteiger partial charge is 0.497 e. The van der Waals surface area contributed by atoms with Crippen LogP contribution in [0, 0.1) is 10.1 Å². The lowest BCUT2D eigenvalue weighted by Crippen LogP contribution is -2.39. The summed E-state index contributed by atoms with van der Waals surface area (Å²) in [7, 11) is 3.27. The molecular formula is C18H22N4O4. The molecule has 8 heteroatoms. The molecule has 0 radical (unpaired) electrons. The Hall–Kier alpha value is -3.03. The minimum atomic E-state index is -0.435. The summed E-state index contributed by atoms with van der Waals surface area (Å²) in [6.45, 7) is 1.67. The van der Waals surface area contributed by atoms with E-state index in [2.05, 4.69) is 15.2 Å². The molecule has 2 aromatic rings. The zero-order chi connectivity index (χ0) is 18.5. The first-order valence-electron chi connectivity index (χ1n) is 8.44. The normalized spacial score (nSPS) is 14.8. The van der Waals surface area contributed by atoms with Crippen molar-refractivity contribution in [2.45, 2.75) is 18.9 Å². The third-order valence-corrected chi connectivity index (χ3v) is 4.48. The maximum atomic E-state index is 10.7. The van der Waals surface area contributed by atoms with Crippen molar-refractivity contribution < 1.29 is 14.4 Å². The fraction of sp³-hybridized carbons (Fsp3) is 0.389. The molecule has 1 fully saturated rings. The molecule has 0 spiro atoms. The van der Waals surface area contributed by atoms with Gasteiger partial charge < -0.3 is 19.7 Å². The number of pyridine rings is 1. The third-order valence-electron chi connectivity index (χ3n) is 4.48. The predicted molar refractivity (Wildman–Crippen MR) is 99.3 cm³/mol. The molecule has 0 unspecified atom stereocenters. The van der Waals surface area contributed by atoms with E-state index in [0.29, 0.717) is 6.04 Å². The van der Waals surface area contributed by atoms with E-state index in [0.717, 1.165) is 48.9 Å². The Morgan fingerprint density at radius 2 is 1.81 bits per heavy atom. The van der Waals surface area contributed by atoms with Gasteiger partial charge in [0.15, 0.2) is 0 Å². The second-order valence-corrected chi connectivity index (χ2v) is 6.14. The predicted octanol–water partition coefficient (Wildman–Crippen LogP) is 3.09. The van der Waals surface area contributed by atoms with E-state index in [1.165, 1.54) is 12.3 Å². The van der Waals surface area contributed by atoms with E-state index in [4.69, 9.17) is 9.47 Å². The maximum absolute atomic E-state index is 10.7. The lowest BCUT2D eigenvalue weighted by molar-refractivity contribution is -0.385. The Kier molecular flexibility index (Phi) is 5.40. The summed E-state index contributed by atoms with van der Waals surface area (Å²) in [5, 5.41) is 14.3. The van der Waals surface area contributed by atoms with Gasteiger partial charge in [0, 0.05) is 49.1 Å². The molecule has 0 atom stereocenters. The summed E-state index contributed by atoms with van der Waals surface area (Å²) >= 11 is 0. The highest BCUT2D eigenvalue weighted by Crippen LogP contribution is 2.28.